The minimum atomic E-state index is -3.68. The minimum Gasteiger partial charge on any atom is -0.372 e. The van der Waals surface area contributed by atoms with Crippen LogP contribution in [0.2, 0.25) is 0 Å². The van der Waals surface area contributed by atoms with Crippen LogP contribution < -0.4 is 10.5 Å². The lowest BCUT2D eigenvalue weighted by atomic mass is 10.0. The van der Waals surface area contributed by atoms with Gasteiger partial charge < -0.3 is 10.1 Å². The molecule has 128 valence electrons. The number of nitrogens with one attached hydrogen (secondary N) is 1. The highest BCUT2D eigenvalue weighted by Crippen LogP contribution is 2.23. The van der Waals surface area contributed by atoms with Gasteiger partial charge in [0.2, 0.25) is 10.0 Å². The van der Waals surface area contributed by atoms with Crippen molar-refractivity contribution in [3.05, 3.63) is 64.7 Å². The van der Waals surface area contributed by atoms with Gasteiger partial charge >= 0.3 is 0 Å². The van der Waals surface area contributed by atoms with Crippen molar-refractivity contribution in [1.29, 1.82) is 0 Å². The summed E-state index contributed by atoms with van der Waals surface area (Å²) in [5.74, 6) is 0. The van der Waals surface area contributed by atoms with Crippen LogP contribution in [-0.4, -0.2) is 8.42 Å². The molecule has 0 aromatic heterocycles. The van der Waals surface area contributed by atoms with E-state index in [0.717, 1.165) is 12.0 Å². The summed E-state index contributed by atoms with van der Waals surface area (Å²) >= 11 is 0. The Morgan fingerprint density at radius 1 is 1.17 bits per heavy atom. The Hall–Kier alpha value is -1.73. The molecule has 0 spiro atoms. The number of fused-ring (bicyclic) bond motifs is 1. The number of hydrogen-bond acceptors (Lipinski definition) is 4. The van der Waals surface area contributed by atoms with E-state index >= 15 is 0 Å². The van der Waals surface area contributed by atoms with Crippen LogP contribution in [0.25, 0.3) is 0 Å². The molecule has 2 aromatic carbocycles. The summed E-state index contributed by atoms with van der Waals surface area (Å²) in [7, 11) is -3.68. The van der Waals surface area contributed by atoms with Gasteiger partial charge in [0.1, 0.15) is 0 Å². The molecule has 0 radical (unpaired) electrons. The van der Waals surface area contributed by atoms with Gasteiger partial charge in [-0.15, -0.1) is 0 Å². The molecule has 1 heterocycles. The third-order valence-corrected chi connectivity index (χ3v) is 5.25. The Morgan fingerprint density at radius 2 is 1.96 bits per heavy atom. The molecule has 2 aromatic rings. The minimum absolute atomic E-state index is 0.0659. The molecule has 24 heavy (non-hydrogen) atoms. The monoisotopic (exact) mass is 346 g/mol. The zero-order valence-corrected chi connectivity index (χ0v) is 14.5. The Balaban J connectivity index is 1.73. The van der Waals surface area contributed by atoms with Gasteiger partial charge in [0, 0.05) is 12.6 Å². The SMILES string of the molecule is CCC(NCc1ccc2c(c1)COC2)c1cccc(S(N)(=O)=O)c1. The number of primary sulfonamides is 1. The topological polar surface area (TPSA) is 81.4 Å². The van der Waals surface area contributed by atoms with E-state index in [9.17, 15) is 8.42 Å². The van der Waals surface area contributed by atoms with Gasteiger partial charge in [0.15, 0.2) is 0 Å². The largest absolute Gasteiger partial charge is 0.372 e. The molecule has 0 bridgehead atoms. The van der Waals surface area contributed by atoms with Crippen molar-refractivity contribution in [2.75, 3.05) is 0 Å². The van der Waals surface area contributed by atoms with Crippen LogP contribution in [0.3, 0.4) is 0 Å². The lowest BCUT2D eigenvalue weighted by Gasteiger charge is -2.18. The molecule has 1 unspecified atom stereocenters. The number of rotatable bonds is 6. The lowest BCUT2D eigenvalue weighted by molar-refractivity contribution is 0.134. The standard InChI is InChI=1S/C18H22N2O3S/c1-2-18(14-4-3-5-17(9-14)24(19,21)22)20-10-13-6-7-15-11-23-12-16(15)8-13/h3-9,18,20H,2,10-12H2,1H3,(H2,19,21,22). The van der Waals surface area contributed by atoms with Crippen LogP contribution >= 0.6 is 0 Å². The van der Waals surface area contributed by atoms with Crippen molar-refractivity contribution in [2.45, 2.75) is 44.0 Å². The Labute approximate surface area is 142 Å². The second-order valence-corrected chi connectivity index (χ2v) is 7.62. The maximum Gasteiger partial charge on any atom is 0.238 e. The molecule has 5 nitrogen and oxygen atoms in total. The van der Waals surface area contributed by atoms with Gasteiger partial charge in [0.25, 0.3) is 0 Å². The summed E-state index contributed by atoms with van der Waals surface area (Å²) in [5.41, 5.74) is 4.62. The van der Waals surface area contributed by atoms with E-state index in [-0.39, 0.29) is 10.9 Å². The second-order valence-electron chi connectivity index (χ2n) is 6.06. The molecule has 0 saturated carbocycles. The zero-order chi connectivity index (χ0) is 17.2. The molecule has 0 saturated heterocycles. The fraction of sp³-hybridized carbons (Fsp3) is 0.333. The van der Waals surface area contributed by atoms with E-state index < -0.39 is 10.0 Å². The highest BCUT2D eigenvalue weighted by Gasteiger charge is 2.15. The van der Waals surface area contributed by atoms with Gasteiger partial charge in [-0.1, -0.05) is 37.3 Å². The van der Waals surface area contributed by atoms with Crippen molar-refractivity contribution in [2.24, 2.45) is 5.14 Å². The quantitative estimate of drug-likeness (QED) is 0.842. The van der Waals surface area contributed by atoms with Crippen LogP contribution in [0.15, 0.2) is 47.4 Å². The molecule has 3 rings (SSSR count). The Bertz CT molecular complexity index is 834. The van der Waals surface area contributed by atoms with Crippen molar-refractivity contribution in [3.63, 3.8) is 0 Å². The van der Waals surface area contributed by atoms with E-state index in [0.29, 0.717) is 19.8 Å². The number of sulfonamides is 1. The summed E-state index contributed by atoms with van der Waals surface area (Å²) in [6.45, 7) is 4.15. The first-order valence-corrected chi connectivity index (χ1v) is 9.56. The van der Waals surface area contributed by atoms with Gasteiger partial charge in [-0.3, -0.25) is 0 Å². The van der Waals surface area contributed by atoms with E-state index in [1.807, 2.05) is 6.07 Å². The molecule has 0 aliphatic carbocycles. The summed E-state index contributed by atoms with van der Waals surface area (Å²) in [4.78, 5) is 0.148. The average molecular weight is 346 g/mol. The van der Waals surface area contributed by atoms with Gasteiger partial charge in [0.05, 0.1) is 18.1 Å². The van der Waals surface area contributed by atoms with Crippen LogP contribution in [0, 0.1) is 0 Å². The smallest absolute Gasteiger partial charge is 0.238 e. The zero-order valence-electron chi connectivity index (χ0n) is 13.7. The third kappa shape index (κ3) is 3.84. The summed E-state index contributed by atoms with van der Waals surface area (Å²) in [6, 6.07) is 13.3. The van der Waals surface area contributed by atoms with E-state index in [1.54, 1.807) is 12.1 Å². The van der Waals surface area contributed by atoms with E-state index in [4.69, 9.17) is 9.88 Å². The van der Waals surface area contributed by atoms with Gasteiger partial charge in [-0.2, -0.15) is 0 Å². The van der Waals surface area contributed by atoms with E-state index in [1.165, 1.54) is 22.8 Å². The third-order valence-electron chi connectivity index (χ3n) is 4.34. The number of benzene rings is 2. The number of ether oxygens (including phenoxy) is 1. The van der Waals surface area contributed by atoms with Crippen LogP contribution in [-0.2, 0) is 34.5 Å². The molecule has 1 atom stereocenters. The summed E-state index contributed by atoms with van der Waals surface area (Å²) in [5, 5.41) is 8.72. The molecule has 0 amide bonds. The number of hydrogen-bond donors (Lipinski definition) is 2. The first-order valence-electron chi connectivity index (χ1n) is 8.02. The van der Waals surface area contributed by atoms with Crippen LogP contribution in [0.5, 0.6) is 0 Å². The molecule has 1 aliphatic rings. The van der Waals surface area contributed by atoms with Crippen LogP contribution in [0.1, 0.15) is 41.6 Å². The molecule has 3 N–H and O–H groups in total. The predicted octanol–water partition coefficient (Wildman–Crippen LogP) is 2.61. The highest BCUT2D eigenvalue weighted by atomic mass is 32.2. The van der Waals surface area contributed by atoms with Crippen molar-refractivity contribution in [1.82, 2.24) is 5.32 Å². The first kappa shape index (κ1) is 17.1. The fourth-order valence-electron chi connectivity index (χ4n) is 2.98. The Morgan fingerprint density at radius 3 is 2.71 bits per heavy atom. The maximum absolute atomic E-state index is 11.5. The van der Waals surface area contributed by atoms with Crippen molar-refractivity contribution < 1.29 is 13.2 Å². The average Bonchev–Trinajstić information content (AvgIpc) is 3.02. The highest BCUT2D eigenvalue weighted by molar-refractivity contribution is 7.89. The maximum atomic E-state index is 11.5. The van der Waals surface area contributed by atoms with Crippen LogP contribution in [0.4, 0.5) is 0 Å². The Kier molecular flexibility index (Phi) is 5.01. The lowest BCUT2D eigenvalue weighted by Crippen LogP contribution is -2.21. The molecule has 1 aliphatic heterocycles. The van der Waals surface area contributed by atoms with Crippen molar-refractivity contribution >= 4 is 10.0 Å². The first-order chi connectivity index (χ1) is 11.5. The van der Waals surface area contributed by atoms with Gasteiger partial charge in [-0.25, -0.2) is 13.6 Å². The summed E-state index contributed by atoms with van der Waals surface area (Å²) < 4.78 is 28.5. The second kappa shape index (κ2) is 7.03. The fourth-order valence-corrected chi connectivity index (χ4v) is 3.55. The summed E-state index contributed by atoms with van der Waals surface area (Å²) in [6.07, 6.45) is 0.849. The van der Waals surface area contributed by atoms with E-state index in [2.05, 4.69) is 30.4 Å². The molecular weight excluding hydrogens is 324 g/mol. The molecule has 0 fully saturated rings. The normalized spacial score (nSPS) is 15.2. The molecular formula is C18H22N2O3S. The van der Waals surface area contributed by atoms with Gasteiger partial charge in [-0.05, 0) is 40.8 Å². The predicted molar refractivity (Wildman–Crippen MR) is 92.6 cm³/mol. The van der Waals surface area contributed by atoms with Crippen molar-refractivity contribution in [3.8, 4) is 0 Å². The number of nitrogens with two attached hydrogens (primary N) is 1. The molecule has 6 heteroatoms.